The van der Waals surface area contributed by atoms with Gasteiger partial charge >= 0.3 is 58.2 Å². The van der Waals surface area contributed by atoms with Crippen LogP contribution in [0.3, 0.4) is 0 Å². The summed E-state index contributed by atoms with van der Waals surface area (Å²) < 4.78 is 0. The van der Waals surface area contributed by atoms with Crippen LogP contribution >= 0.6 is 0 Å². The predicted octanol–water partition coefficient (Wildman–Crippen LogP) is -1.57. The van der Waals surface area contributed by atoms with Gasteiger partial charge in [0, 0.05) is 0 Å². The molecule has 0 aromatic rings. The molecule has 50 valence electrons. The smallest absolute Gasteiger partial charge is 0.253 e. The summed E-state index contributed by atoms with van der Waals surface area (Å²) in [5.41, 5.74) is 0.895. The Hall–Kier alpha value is 0.970. The van der Waals surface area contributed by atoms with Gasteiger partial charge in [-0.05, 0) is 13.8 Å². The summed E-state index contributed by atoms with van der Waals surface area (Å²) in [5, 5.41) is 8.54. The Morgan fingerprint density at radius 3 is 2.91 bits per heavy atom. The quantitative estimate of drug-likeness (QED) is 0.354. The molecule has 1 nitrogen and oxygen atoms in total. The topological polar surface area (TPSA) is 23.8 Å². The molecule has 0 saturated heterocycles. The molecule has 2 radical (unpaired) electrons. The average molecular weight is 215 g/mol. The molecule has 0 aromatic heterocycles. The van der Waals surface area contributed by atoms with Gasteiger partial charge in [-0.1, -0.05) is 19.3 Å². The number of nitrogens with zero attached hydrogens (tertiary/aromatic N) is 1. The zero-order valence-corrected chi connectivity index (χ0v) is 12.0. The van der Waals surface area contributed by atoms with E-state index in [-0.39, 0.29) is 64.1 Å². The Labute approximate surface area is 118 Å². The minimum absolute atomic E-state index is 0. The average Bonchev–Trinajstić information content (AvgIpc) is 1.95. The first-order valence-electron chi connectivity index (χ1n) is 3.44. The molecular formula is C8H9BNRb. The van der Waals surface area contributed by atoms with Crippen molar-refractivity contribution in [3.63, 3.8) is 0 Å². The van der Waals surface area contributed by atoms with E-state index in [0.717, 1.165) is 11.9 Å². The molecule has 0 aliphatic heterocycles. The molecule has 0 saturated carbocycles. The molecular weight excluding hydrogens is 206 g/mol. The Bertz CT molecular complexity index is 195. The van der Waals surface area contributed by atoms with E-state index in [1.807, 2.05) is 19.4 Å². The van der Waals surface area contributed by atoms with E-state index in [4.69, 9.17) is 13.1 Å². The van der Waals surface area contributed by atoms with Gasteiger partial charge in [-0.3, -0.25) is 5.47 Å². The van der Waals surface area contributed by atoms with E-state index in [9.17, 15) is 0 Å². The van der Waals surface area contributed by atoms with Gasteiger partial charge in [0.2, 0.25) is 0 Å². The van der Waals surface area contributed by atoms with Gasteiger partial charge in [0.15, 0.2) is 0 Å². The van der Waals surface area contributed by atoms with Crippen LogP contribution in [0.15, 0.2) is 11.5 Å². The Kier molecular flexibility index (Phi) is 6.08. The van der Waals surface area contributed by atoms with Crippen molar-refractivity contribution in [1.82, 2.24) is 0 Å². The van der Waals surface area contributed by atoms with E-state index < -0.39 is 0 Å². The third-order valence-electron chi connectivity index (χ3n) is 1.86. The number of allylic oxidation sites excluding steroid dienone is 2. The van der Waals surface area contributed by atoms with Crippen molar-refractivity contribution >= 4 is 7.85 Å². The monoisotopic (exact) mass is 215 g/mol. The molecule has 11 heavy (non-hydrogen) atoms. The zero-order chi connectivity index (χ0) is 7.56. The van der Waals surface area contributed by atoms with Crippen molar-refractivity contribution < 1.29 is 58.2 Å². The maximum atomic E-state index is 8.54. The summed E-state index contributed by atoms with van der Waals surface area (Å²) in [6.45, 7) is 2.04. The molecule has 0 heterocycles. The number of rotatable bonds is 0. The molecule has 2 unspecified atom stereocenters. The molecule has 2 atom stereocenters. The van der Waals surface area contributed by atoms with Crippen LogP contribution in [0.5, 0.6) is 0 Å². The molecule has 1 aliphatic rings. The van der Waals surface area contributed by atoms with Crippen LogP contribution < -0.4 is 58.2 Å². The van der Waals surface area contributed by atoms with E-state index >= 15 is 0 Å². The van der Waals surface area contributed by atoms with Crippen molar-refractivity contribution in [2.24, 2.45) is 11.8 Å². The standard InChI is InChI=1S/C8H9BN.Rb/c1-6-4-7(5-10)2-3-8(6)9;/h2-3,6-7H,4H2,1H3;/q-1;+1. The van der Waals surface area contributed by atoms with Gasteiger partial charge in [0.1, 0.15) is 0 Å². The second-order valence-electron chi connectivity index (χ2n) is 2.73. The third-order valence-corrected chi connectivity index (χ3v) is 1.86. The van der Waals surface area contributed by atoms with Crippen LogP contribution in [-0.2, 0) is 0 Å². The second kappa shape index (κ2) is 5.59. The molecule has 0 amide bonds. The van der Waals surface area contributed by atoms with Gasteiger partial charge in [-0.15, -0.1) is 0 Å². The maximum Gasteiger partial charge on any atom is 1.00 e. The van der Waals surface area contributed by atoms with Crippen molar-refractivity contribution in [1.29, 1.82) is 5.26 Å². The van der Waals surface area contributed by atoms with Crippen LogP contribution in [-0.4, -0.2) is 7.85 Å². The first kappa shape index (κ1) is 12.0. The van der Waals surface area contributed by atoms with Crippen LogP contribution in [0.4, 0.5) is 0 Å². The molecule has 1 rings (SSSR count). The van der Waals surface area contributed by atoms with Crippen LogP contribution in [0.25, 0.3) is 0 Å². The fourth-order valence-corrected chi connectivity index (χ4v) is 1.08. The summed E-state index contributed by atoms with van der Waals surface area (Å²) in [6.07, 6.45) is 4.59. The van der Waals surface area contributed by atoms with Crippen molar-refractivity contribution in [2.45, 2.75) is 13.3 Å². The van der Waals surface area contributed by atoms with Gasteiger partial charge in [-0.25, -0.2) is 12.5 Å². The molecule has 0 fully saturated rings. The molecule has 1 aliphatic carbocycles. The number of nitriles is 1. The van der Waals surface area contributed by atoms with E-state index in [2.05, 4.69) is 6.07 Å². The molecule has 0 bridgehead atoms. The SMILES string of the molecule is [B]C1=C[CH-]C(C#N)CC1C.[Rb+]. The minimum Gasteiger partial charge on any atom is -0.253 e. The van der Waals surface area contributed by atoms with Crippen LogP contribution in [0.2, 0.25) is 0 Å². The Balaban J connectivity index is 0.000001000. The largest absolute Gasteiger partial charge is 1.00 e. The third kappa shape index (κ3) is 3.46. The van der Waals surface area contributed by atoms with E-state index in [1.165, 1.54) is 0 Å². The van der Waals surface area contributed by atoms with E-state index in [0.29, 0.717) is 5.92 Å². The predicted molar refractivity (Wildman–Crippen MR) is 41.0 cm³/mol. The Morgan fingerprint density at radius 2 is 2.45 bits per heavy atom. The summed E-state index contributed by atoms with van der Waals surface area (Å²) >= 11 is 0. The molecule has 0 spiro atoms. The molecule has 0 aromatic carbocycles. The molecule has 0 N–H and O–H groups in total. The number of hydrogen-bond acceptors (Lipinski definition) is 1. The maximum absolute atomic E-state index is 8.54. The van der Waals surface area contributed by atoms with Gasteiger partial charge in [-0.2, -0.15) is 5.26 Å². The fraction of sp³-hybridized carbons (Fsp3) is 0.500. The van der Waals surface area contributed by atoms with Crippen molar-refractivity contribution in [3.8, 4) is 6.07 Å². The Morgan fingerprint density at radius 1 is 1.82 bits per heavy atom. The van der Waals surface area contributed by atoms with Gasteiger partial charge in [0.25, 0.3) is 0 Å². The normalized spacial score (nSPS) is 28.9. The van der Waals surface area contributed by atoms with Crippen molar-refractivity contribution in [3.05, 3.63) is 18.0 Å². The summed E-state index contributed by atoms with van der Waals surface area (Å²) in [7, 11) is 5.62. The zero-order valence-electron chi connectivity index (χ0n) is 7.04. The first-order valence-corrected chi connectivity index (χ1v) is 3.44. The second-order valence-corrected chi connectivity index (χ2v) is 2.73. The van der Waals surface area contributed by atoms with Crippen molar-refractivity contribution in [2.75, 3.05) is 0 Å². The fourth-order valence-electron chi connectivity index (χ4n) is 1.08. The summed E-state index contributed by atoms with van der Waals surface area (Å²) in [4.78, 5) is 0. The summed E-state index contributed by atoms with van der Waals surface area (Å²) in [6, 6.07) is 2.20. The van der Waals surface area contributed by atoms with Gasteiger partial charge in [0.05, 0.1) is 6.07 Å². The molecule has 3 heteroatoms. The minimum atomic E-state index is 0. The van der Waals surface area contributed by atoms with Gasteiger partial charge < -0.3 is 0 Å². The first-order chi connectivity index (χ1) is 4.74. The van der Waals surface area contributed by atoms with Crippen LogP contribution in [0.1, 0.15) is 13.3 Å². The number of hydrogen-bond donors (Lipinski definition) is 0. The van der Waals surface area contributed by atoms with E-state index in [1.54, 1.807) is 0 Å². The van der Waals surface area contributed by atoms with Crippen LogP contribution in [0, 0.1) is 29.6 Å². The summed E-state index contributed by atoms with van der Waals surface area (Å²) in [5.74, 6) is 0.442.